The van der Waals surface area contributed by atoms with Gasteiger partial charge in [-0.15, -0.1) is 0 Å². The number of ether oxygens (including phenoxy) is 1. The number of carbonyl (C=O) groups excluding carboxylic acids is 2. The predicted molar refractivity (Wildman–Crippen MR) is 73.9 cm³/mol. The van der Waals surface area contributed by atoms with E-state index in [0.29, 0.717) is 19.2 Å². The number of hydrogen-bond donors (Lipinski definition) is 1. The molecule has 0 radical (unpaired) electrons. The first-order valence-electron chi connectivity index (χ1n) is 6.44. The smallest absolute Gasteiger partial charge is 0.223 e. The first kappa shape index (κ1) is 17.0. The minimum absolute atomic E-state index is 0.0106. The lowest BCUT2D eigenvalue weighted by Gasteiger charge is -2.21. The Balaban J connectivity index is 2.66. The van der Waals surface area contributed by atoms with Crippen molar-refractivity contribution in [2.75, 3.05) is 31.7 Å². The van der Waals surface area contributed by atoms with Gasteiger partial charge in [-0.05, 0) is 12.1 Å². The zero-order chi connectivity index (χ0) is 15.8. The van der Waals surface area contributed by atoms with Crippen LogP contribution in [-0.2, 0) is 14.3 Å². The Hall–Kier alpha value is -2.02. The number of hydrogen-bond acceptors (Lipinski definition) is 3. The molecule has 0 aromatic heterocycles. The number of rotatable bonds is 7. The number of carbonyl (C=O) groups is 2. The maximum atomic E-state index is 13.7. The summed E-state index contributed by atoms with van der Waals surface area (Å²) in [5, 5.41) is 2.60. The topological polar surface area (TPSA) is 58.6 Å². The zero-order valence-corrected chi connectivity index (χ0v) is 12.0. The molecule has 1 aromatic carbocycles. The molecule has 21 heavy (non-hydrogen) atoms. The molecule has 0 bridgehead atoms. The number of nitrogens with one attached hydrogen (secondary N) is 1. The summed E-state index contributed by atoms with van der Waals surface area (Å²) in [7, 11) is 1.51. The average molecular weight is 300 g/mol. The van der Waals surface area contributed by atoms with E-state index in [2.05, 4.69) is 5.32 Å². The van der Waals surface area contributed by atoms with E-state index in [-0.39, 0.29) is 24.6 Å². The molecular weight excluding hydrogens is 282 g/mol. The molecule has 0 aliphatic rings. The lowest BCUT2D eigenvalue weighted by Crippen LogP contribution is -2.35. The largest absolute Gasteiger partial charge is 0.383 e. The third-order valence-electron chi connectivity index (χ3n) is 2.77. The number of nitrogens with zero attached hydrogens (tertiary/aromatic N) is 1. The van der Waals surface area contributed by atoms with Crippen LogP contribution in [0.1, 0.15) is 13.3 Å². The summed E-state index contributed by atoms with van der Waals surface area (Å²) in [4.78, 5) is 24.2. The van der Waals surface area contributed by atoms with Gasteiger partial charge >= 0.3 is 0 Å². The number of benzene rings is 1. The molecule has 116 valence electrons. The van der Waals surface area contributed by atoms with E-state index in [4.69, 9.17) is 4.74 Å². The Labute approximate surface area is 121 Å². The molecule has 0 spiro atoms. The molecule has 0 atom stereocenters. The average Bonchev–Trinajstić information content (AvgIpc) is 2.41. The number of amides is 2. The first-order chi connectivity index (χ1) is 9.95. The van der Waals surface area contributed by atoms with Crippen LogP contribution in [0.4, 0.5) is 14.5 Å². The summed E-state index contributed by atoms with van der Waals surface area (Å²) in [6.45, 7) is 2.01. The molecule has 7 heteroatoms. The highest BCUT2D eigenvalue weighted by molar-refractivity contribution is 5.92. The van der Waals surface area contributed by atoms with E-state index in [9.17, 15) is 18.4 Å². The van der Waals surface area contributed by atoms with Gasteiger partial charge in [-0.3, -0.25) is 9.59 Å². The highest BCUT2D eigenvalue weighted by Gasteiger charge is 2.17. The monoisotopic (exact) mass is 300 g/mol. The van der Waals surface area contributed by atoms with E-state index < -0.39 is 17.5 Å². The van der Waals surface area contributed by atoms with E-state index in [0.717, 1.165) is 11.0 Å². The summed E-state index contributed by atoms with van der Waals surface area (Å²) in [5.74, 6) is -2.27. The zero-order valence-electron chi connectivity index (χ0n) is 12.0. The molecule has 0 aliphatic heterocycles. The molecule has 0 saturated carbocycles. The van der Waals surface area contributed by atoms with E-state index in [1.807, 2.05) is 0 Å². The van der Waals surface area contributed by atoms with Crippen LogP contribution < -0.4 is 10.2 Å². The normalized spacial score (nSPS) is 10.3. The maximum absolute atomic E-state index is 13.7. The summed E-state index contributed by atoms with van der Waals surface area (Å²) >= 11 is 0. The van der Waals surface area contributed by atoms with Gasteiger partial charge in [0, 0.05) is 39.6 Å². The summed E-state index contributed by atoms with van der Waals surface area (Å²) in [5.41, 5.74) is -0.0476. The minimum Gasteiger partial charge on any atom is -0.383 e. The molecule has 1 N–H and O–H groups in total. The van der Waals surface area contributed by atoms with Crippen LogP contribution in [0, 0.1) is 11.6 Å². The van der Waals surface area contributed by atoms with Crippen molar-refractivity contribution in [3.63, 3.8) is 0 Å². The Morgan fingerprint density at radius 3 is 2.62 bits per heavy atom. The molecule has 0 saturated heterocycles. The fraction of sp³-hybridized carbons (Fsp3) is 0.429. The molecule has 5 nitrogen and oxygen atoms in total. The lowest BCUT2D eigenvalue weighted by molar-refractivity contribution is -0.121. The van der Waals surface area contributed by atoms with Gasteiger partial charge in [-0.1, -0.05) is 0 Å². The minimum atomic E-state index is -0.843. The molecule has 2 amide bonds. The van der Waals surface area contributed by atoms with Gasteiger partial charge in [0.2, 0.25) is 11.8 Å². The van der Waals surface area contributed by atoms with Crippen LogP contribution in [0.5, 0.6) is 0 Å². The SMILES string of the molecule is COCCNC(=O)CCN(C(C)=O)c1ccc(F)cc1F. The molecule has 0 fully saturated rings. The van der Waals surface area contributed by atoms with Gasteiger partial charge in [0.25, 0.3) is 0 Å². The molecule has 0 unspecified atom stereocenters. The molecule has 0 heterocycles. The Morgan fingerprint density at radius 1 is 1.33 bits per heavy atom. The van der Waals surface area contributed by atoms with Gasteiger partial charge in [0.15, 0.2) is 0 Å². The van der Waals surface area contributed by atoms with Crippen molar-refractivity contribution >= 4 is 17.5 Å². The van der Waals surface area contributed by atoms with Crippen molar-refractivity contribution in [1.82, 2.24) is 5.32 Å². The van der Waals surface area contributed by atoms with Crippen LogP contribution in [-0.4, -0.2) is 38.6 Å². The standard InChI is InChI=1S/C14H18F2N2O3/c1-10(19)18(7-5-14(20)17-6-8-21-2)13-4-3-11(15)9-12(13)16/h3-4,9H,5-8H2,1-2H3,(H,17,20). The fourth-order valence-electron chi connectivity index (χ4n) is 1.74. The number of halogens is 2. The third kappa shape index (κ3) is 5.47. The number of methoxy groups -OCH3 is 1. The van der Waals surface area contributed by atoms with Gasteiger partial charge in [-0.25, -0.2) is 8.78 Å². The number of anilines is 1. The van der Waals surface area contributed by atoms with Crippen LogP contribution in [0.3, 0.4) is 0 Å². The highest BCUT2D eigenvalue weighted by atomic mass is 19.1. The first-order valence-corrected chi connectivity index (χ1v) is 6.44. The van der Waals surface area contributed by atoms with Crippen molar-refractivity contribution < 1.29 is 23.1 Å². The second kappa shape index (κ2) is 8.31. The third-order valence-corrected chi connectivity index (χ3v) is 2.77. The molecular formula is C14H18F2N2O3. The van der Waals surface area contributed by atoms with Crippen molar-refractivity contribution in [2.45, 2.75) is 13.3 Å². The Bertz CT molecular complexity index is 509. The summed E-state index contributed by atoms with van der Waals surface area (Å²) in [6, 6.07) is 2.94. The predicted octanol–water partition coefficient (Wildman–Crippen LogP) is 1.47. The Morgan fingerprint density at radius 2 is 2.05 bits per heavy atom. The van der Waals surface area contributed by atoms with Gasteiger partial charge < -0.3 is 15.0 Å². The Kier molecular flexibility index (Phi) is 6.74. The van der Waals surface area contributed by atoms with Crippen molar-refractivity contribution in [1.29, 1.82) is 0 Å². The van der Waals surface area contributed by atoms with Crippen LogP contribution in [0.2, 0.25) is 0 Å². The summed E-state index contributed by atoms with van der Waals surface area (Å²) in [6.07, 6.45) is 0.0140. The van der Waals surface area contributed by atoms with Crippen LogP contribution in [0.15, 0.2) is 18.2 Å². The van der Waals surface area contributed by atoms with E-state index in [1.54, 1.807) is 0 Å². The molecule has 1 aromatic rings. The lowest BCUT2D eigenvalue weighted by atomic mass is 10.2. The van der Waals surface area contributed by atoms with Gasteiger partial charge in [0.1, 0.15) is 11.6 Å². The van der Waals surface area contributed by atoms with Crippen LogP contribution >= 0.6 is 0 Å². The second-order valence-electron chi connectivity index (χ2n) is 4.36. The van der Waals surface area contributed by atoms with E-state index >= 15 is 0 Å². The summed E-state index contributed by atoms with van der Waals surface area (Å²) < 4.78 is 31.4. The molecule has 1 rings (SSSR count). The highest BCUT2D eigenvalue weighted by Crippen LogP contribution is 2.20. The second-order valence-corrected chi connectivity index (χ2v) is 4.36. The van der Waals surface area contributed by atoms with Crippen molar-refractivity contribution in [3.8, 4) is 0 Å². The molecule has 0 aliphatic carbocycles. The maximum Gasteiger partial charge on any atom is 0.223 e. The fourth-order valence-corrected chi connectivity index (χ4v) is 1.74. The van der Waals surface area contributed by atoms with Gasteiger partial charge in [0.05, 0.1) is 12.3 Å². The van der Waals surface area contributed by atoms with Gasteiger partial charge in [-0.2, -0.15) is 0 Å². The van der Waals surface area contributed by atoms with E-state index in [1.165, 1.54) is 20.1 Å². The van der Waals surface area contributed by atoms with Crippen molar-refractivity contribution in [3.05, 3.63) is 29.8 Å². The quantitative estimate of drug-likeness (QED) is 0.776. The van der Waals surface area contributed by atoms with Crippen LogP contribution in [0.25, 0.3) is 0 Å². The van der Waals surface area contributed by atoms with Crippen molar-refractivity contribution in [2.24, 2.45) is 0 Å².